The number of rotatable bonds is 3. The SMILES string of the molecule is COc1ccc(C2C(CO)=Cc3ccccc32)cc1. The molecule has 0 amide bonds. The van der Waals surface area contributed by atoms with Crippen LogP contribution in [0.25, 0.3) is 6.08 Å². The predicted molar refractivity (Wildman–Crippen MR) is 76.3 cm³/mol. The Kier molecular flexibility index (Phi) is 3.10. The number of aliphatic hydroxyl groups excluding tert-OH is 1. The van der Waals surface area contributed by atoms with Gasteiger partial charge < -0.3 is 9.84 Å². The molecular formula is C17H16O2. The number of ether oxygens (including phenoxy) is 1. The molecule has 96 valence electrons. The van der Waals surface area contributed by atoms with E-state index in [0.717, 1.165) is 11.3 Å². The van der Waals surface area contributed by atoms with Gasteiger partial charge in [-0.2, -0.15) is 0 Å². The van der Waals surface area contributed by atoms with Crippen LogP contribution < -0.4 is 4.74 Å². The van der Waals surface area contributed by atoms with E-state index < -0.39 is 0 Å². The quantitative estimate of drug-likeness (QED) is 0.908. The van der Waals surface area contributed by atoms with Crippen molar-refractivity contribution in [3.63, 3.8) is 0 Å². The van der Waals surface area contributed by atoms with Crippen LogP contribution in [0, 0.1) is 0 Å². The Morgan fingerprint density at radius 1 is 1.05 bits per heavy atom. The first kappa shape index (κ1) is 12.0. The highest BCUT2D eigenvalue weighted by molar-refractivity contribution is 5.69. The summed E-state index contributed by atoms with van der Waals surface area (Å²) in [4.78, 5) is 0. The summed E-state index contributed by atoms with van der Waals surface area (Å²) in [5.74, 6) is 1.01. The van der Waals surface area contributed by atoms with E-state index in [1.807, 2.05) is 24.3 Å². The minimum atomic E-state index is 0.0887. The van der Waals surface area contributed by atoms with Gasteiger partial charge in [-0.3, -0.25) is 0 Å². The van der Waals surface area contributed by atoms with Crippen molar-refractivity contribution in [1.29, 1.82) is 0 Å². The van der Waals surface area contributed by atoms with Crippen molar-refractivity contribution >= 4 is 6.08 Å². The summed E-state index contributed by atoms with van der Waals surface area (Å²) in [5, 5.41) is 9.58. The van der Waals surface area contributed by atoms with Crippen molar-refractivity contribution in [2.75, 3.05) is 13.7 Å². The fourth-order valence-corrected chi connectivity index (χ4v) is 2.71. The zero-order valence-corrected chi connectivity index (χ0v) is 10.8. The molecule has 0 saturated carbocycles. The molecule has 1 N–H and O–H groups in total. The van der Waals surface area contributed by atoms with Crippen molar-refractivity contribution < 1.29 is 9.84 Å². The van der Waals surface area contributed by atoms with Gasteiger partial charge >= 0.3 is 0 Å². The average molecular weight is 252 g/mol. The number of hydrogen-bond donors (Lipinski definition) is 1. The molecule has 1 unspecified atom stereocenters. The maximum absolute atomic E-state index is 9.58. The van der Waals surface area contributed by atoms with Crippen LogP contribution in [0.5, 0.6) is 5.75 Å². The Bertz CT molecular complexity index is 611. The Labute approximate surface area is 113 Å². The number of benzene rings is 2. The van der Waals surface area contributed by atoms with E-state index in [2.05, 4.69) is 30.3 Å². The molecule has 0 aliphatic heterocycles. The van der Waals surface area contributed by atoms with Gasteiger partial charge in [0.15, 0.2) is 0 Å². The van der Waals surface area contributed by atoms with Crippen molar-refractivity contribution in [2.24, 2.45) is 0 Å². The Morgan fingerprint density at radius 3 is 2.47 bits per heavy atom. The summed E-state index contributed by atoms with van der Waals surface area (Å²) in [6, 6.07) is 16.4. The summed E-state index contributed by atoms with van der Waals surface area (Å²) in [5.41, 5.74) is 4.70. The molecular weight excluding hydrogens is 236 g/mol. The molecule has 19 heavy (non-hydrogen) atoms. The number of methoxy groups -OCH3 is 1. The van der Waals surface area contributed by atoms with E-state index in [4.69, 9.17) is 4.74 Å². The summed E-state index contributed by atoms with van der Waals surface area (Å²) < 4.78 is 5.19. The minimum absolute atomic E-state index is 0.0887. The van der Waals surface area contributed by atoms with Gasteiger partial charge in [-0.1, -0.05) is 42.5 Å². The zero-order valence-electron chi connectivity index (χ0n) is 10.8. The molecule has 3 rings (SSSR count). The highest BCUT2D eigenvalue weighted by Crippen LogP contribution is 2.40. The summed E-state index contributed by atoms with van der Waals surface area (Å²) in [6.45, 7) is 0.0887. The highest BCUT2D eigenvalue weighted by atomic mass is 16.5. The summed E-state index contributed by atoms with van der Waals surface area (Å²) in [7, 11) is 1.67. The van der Waals surface area contributed by atoms with Gasteiger partial charge in [-0.05, 0) is 34.4 Å². The van der Waals surface area contributed by atoms with E-state index in [1.54, 1.807) is 7.11 Å². The second-order valence-corrected chi connectivity index (χ2v) is 4.71. The molecule has 0 radical (unpaired) electrons. The first-order chi connectivity index (χ1) is 9.33. The monoisotopic (exact) mass is 252 g/mol. The lowest BCUT2D eigenvalue weighted by Gasteiger charge is -2.16. The second kappa shape index (κ2) is 4.90. The Hall–Kier alpha value is -2.06. The third-order valence-corrected chi connectivity index (χ3v) is 3.65. The molecule has 0 aromatic heterocycles. The van der Waals surface area contributed by atoms with E-state index in [1.165, 1.54) is 16.7 Å². The van der Waals surface area contributed by atoms with Gasteiger partial charge in [0.2, 0.25) is 0 Å². The third-order valence-electron chi connectivity index (χ3n) is 3.65. The topological polar surface area (TPSA) is 29.5 Å². The molecule has 2 heteroatoms. The van der Waals surface area contributed by atoms with E-state index in [-0.39, 0.29) is 12.5 Å². The van der Waals surface area contributed by atoms with E-state index in [9.17, 15) is 5.11 Å². The smallest absolute Gasteiger partial charge is 0.118 e. The normalized spacial score (nSPS) is 16.9. The van der Waals surface area contributed by atoms with E-state index in [0.29, 0.717) is 0 Å². The minimum Gasteiger partial charge on any atom is -0.497 e. The molecule has 2 nitrogen and oxygen atoms in total. The standard InChI is InChI=1S/C17H16O2/c1-19-15-8-6-12(7-9-15)17-14(11-18)10-13-4-2-3-5-16(13)17/h2-10,17-18H,11H2,1H3. The van der Waals surface area contributed by atoms with Crippen LogP contribution in [-0.2, 0) is 0 Å². The average Bonchev–Trinajstić information content (AvgIpc) is 2.86. The summed E-state index contributed by atoms with van der Waals surface area (Å²) in [6.07, 6.45) is 2.09. The van der Waals surface area contributed by atoms with Crippen LogP contribution in [0.3, 0.4) is 0 Å². The first-order valence-electron chi connectivity index (χ1n) is 6.37. The van der Waals surface area contributed by atoms with Crippen LogP contribution in [0.1, 0.15) is 22.6 Å². The Morgan fingerprint density at radius 2 is 1.79 bits per heavy atom. The van der Waals surface area contributed by atoms with Gasteiger partial charge in [0.25, 0.3) is 0 Å². The molecule has 1 atom stereocenters. The van der Waals surface area contributed by atoms with Crippen LogP contribution in [-0.4, -0.2) is 18.8 Å². The van der Waals surface area contributed by atoms with Gasteiger partial charge in [0.05, 0.1) is 13.7 Å². The molecule has 2 aromatic carbocycles. The van der Waals surface area contributed by atoms with Crippen LogP contribution >= 0.6 is 0 Å². The predicted octanol–water partition coefficient (Wildman–Crippen LogP) is 3.22. The molecule has 0 fully saturated rings. The van der Waals surface area contributed by atoms with Crippen LogP contribution in [0.15, 0.2) is 54.1 Å². The largest absolute Gasteiger partial charge is 0.497 e. The zero-order chi connectivity index (χ0) is 13.2. The van der Waals surface area contributed by atoms with Crippen LogP contribution in [0.4, 0.5) is 0 Å². The van der Waals surface area contributed by atoms with Gasteiger partial charge in [-0.25, -0.2) is 0 Å². The molecule has 0 saturated heterocycles. The lowest BCUT2D eigenvalue weighted by Crippen LogP contribution is -2.04. The van der Waals surface area contributed by atoms with Gasteiger partial charge in [-0.15, -0.1) is 0 Å². The number of aliphatic hydroxyl groups is 1. The first-order valence-corrected chi connectivity index (χ1v) is 6.37. The van der Waals surface area contributed by atoms with Crippen molar-refractivity contribution in [1.82, 2.24) is 0 Å². The molecule has 2 aromatic rings. The molecule has 0 spiro atoms. The molecule has 0 heterocycles. The number of hydrogen-bond acceptors (Lipinski definition) is 2. The second-order valence-electron chi connectivity index (χ2n) is 4.71. The fraction of sp³-hybridized carbons (Fsp3) is 0.176. The number of fused-ring (bicyclic) bond motifs is 1. The lowest BCUT2D eigenvalue weighted by atomic mass is 9.89. The third kappa shape index (κ3) is 2.04. The maximum atomic E-state index is 9.58. The molecule has 0 bridgehead atoms. The molecule has 1 aliphatic rings. The van der Waals surface area contributed by atoms with Crippen molar-refractivity contribution in [3.05, 3.63) is 70.8 Å². The van der Waals surface area contributed by atoms with Crippen molar-refractivity contribution in [2.45, 2.75) is 5.92 Å². The fourth-order valence-electron chi connectivity index (χ4n) is 2.71. The maximum Gasteiger partial charge on any atom is 0.118 e. The van der Waals surface area contributed by atoms with Crippen molar-refractivity contribution in [3.8, 4) is 5.75 Å². The summed E-state index contributed by atoms with van der Waals surface area (Å²) >= 11 is 0. The van der Waals surface area contributed by atoms with E-state index >= 15 is 0 Å². The Balaban J connectivity index is 2.05. The molecule has 1 aliphatic carbocycles. The van der Waals surface area contributed by atoms with Gasteiger partial charge in [0.1, 0.15) is 5.75 Å². The highest BCUT2D eigenvalue weighted by Gasteiger charge is 2.25. The van der Waals surface area contributed by atoms with Gasteiger partial charge in [0, 0.05) is 5.92 Å². The van der Waals surface area contributed by atoms with Crippen LogP contribution in [0.2, 0.25) is 0 Å². The lowest BCUT2D eigenvalue weighted by molar-refractivity contribution is 0.327.